The molecule has 0 saturated heterocycles. The van der Waals surface area contributed by atoms with Crippen LogP contribution in [0.15, 0.2) is 48.5 Å². The fourth-order valence-electron chi connectivity index (χ4n) is 2.17. The molecule has 0 aromatic heterocycles. The summed E-state index contributed by atoms with van der Waals surface area (Å²) in [4.78, 5) is 0. The molecule has 110 valence electrons. The Morgan fingerprint density at radius 3 is 1.27 bits per heavy atom. The molecule has 0 unspecified atom stereocenters. The van der Waals surface area contributed by atoms with E-state index in [0.717, 1.165) is 22.3 Å². The van der Waals surface area contributed by atoms with E-state index in [0.29, 0.717) is 12.8 Å². The number of nitrogens with zero attached hydrogens (tertiary/aromatic N) is 2. The first-order chi connectivity index (χ1) is 10.6. The molecule has 0 bridgehead atoms. The zero-order valence-corrected chi connectivity index (χ0v) is 13.3. The number of benzene rings is 2. The van der Waals surface area contributed by atoms with Crippen molar-refractivity contribution in [1.82, 2.24) is 0 Å². The van der Waals surface area contributed by atoms with Gasteiger partial charge >= 0.3 is 0 Å². The third kappa shape index (κ3) is 4.50. The minimum Gasteiger partial charge on any atom is -0.197 e. The maximum atomic E-state index is 8.72. The lowest BCUT2D eigenvalue weighted by Gasteiger charge is -2.07. The van der Waals surface area contributed by atoms with Crippen molar-refractivity contribution in [2.75, 3.05) is 0 Å². The van der Waals surface area contributed by atoms with E-state index >= 15 is 0 Å². The van der Waals surface area contributed by atoms with Crippen LogP contribution in [-0.2, 0) is 12.8 Å². The van der Waals surface area contributed by atoms with Crippen LogP contribution in [0.2, 0.25) is 0 Å². The highest BCUT2D eigenvalue weighted by Crippen LogP contribution is 2.22. The molecule has 2 atom stereocenters. The van der Waals surface area contributed by atoms with Gasteiger partial charge in [0.15, 0.2) is 0 Å². The third-order valence-electron chi connectivity index (χ3n) is 3.35. The van der Waals surface area contributed by atoms with E-state index in [-0.39, 0.29) is 0 Å². The number of halogens is 2. The standard InChI is InChI=1S/C18H14Cl2N2/c19-17(11-21)9-13-1-5-15(6-2-13)16-7-3-14(4-8-16)10-18(20)12-22/h1-8,17-18H,9-10H2/t17-,18-/m0/s1. The van der Waals surface area contributed by atoms with Crippen LogP contribution < -0.4 is 0 Å². The average molecular weight is 329 g/mol. The van der Waals surface area contributed by atoms with Crippen LogP contribution in [0.25, 0.3) is 11.1 Å². The number of alkyl halides is 2. The van der Waals surface area contributed by atoms with Gasteiger partial charge in [-0.2, -0.15) is 10.5 Å². The lowest BCUT2D eigenvalue weighted by atomic mass is 10.00. The van der Waals surface area contributed by atoms with E-state index in [2.05, 4.69) is 0 Å². The molecule has 0 amide bonds. The van der Waals surface area contributed by atoms with Gasteiger partial charge in [0.1, 0.15) is 10.8 Å². The van der Waals surface area contributed by atoms with Crippen molar-refractivity contribution in [2.45, 2.75) is 23.6 Å². The number of rotatable bonds is 5. The Balaban J connectivity index is 2.09. The highest BCUT2D eigenvalue weighted by molar-refractivity contribution is 6.22. The lowest BCUT2D eigenvalue weighted by molar-refractivity contribution is 1.02. The quantitative estimate of drug-likeness (QED) is 0.747. The molecule has 2 nitrogen and oxygen atoms in total. The molecular weight excluding hydrogens is 315 g/mol. The van der Waals surface area contributed by atoms with Crippen LogP contribution in [-0.4, -0.2) is 10.8 Å². The topological polar surface area (TPSA) is 47.6 Å². The fourth-order valence-corrected chi connectivity index (χ4v) is 2.53. The summed E-state index contributed by atoms with van der Waals surface area (Å²) in [5, 5.41) is 16.5. The van der Waals surface area contributed by atoms with Crippen LogP contribution >= 0.6 is 23.2 Å². The predicted molar refractivity (Wildman–Crippen MR) is 89.8 cm³/mol. The van der Waals surface area contributed by atoms with Crippen LogP contribution in [0.5, 0.6) is 0 Å². The maximum Gasteiger partial charge on any atom is 0.124 e. The van der Waals surface area contributed by atoms with Crippen LogP contribution in [0, 0.1) is 22.7 Å². The second-order valence-electron chi connectivity index (χ2n) is 5.00. The second kappa shape index (κ2) is 7.85. The minimum absolute atomic E-state index is 0.492. The van der Waals surface area contributed by atoms with E-state index in [4.69, 9.17) is 33.7 Å². The molecule has 0 fully saturated rings. The van der Waals surface area contributed by atoms with Crippen molar-refractivity contribution in [3.8, 4) is 23.3 Å². The van der Waals surface area contributed by atoms with Gasteiger partial charge in [0.05, 0.1) is 12.1 Å². The summed E-state index contributed by atoms with van der Waals surface area (Å²) in [6.07, 6.45) is 1.09. The molecule has 0 aliphatic rings. The Kier molecular flexibility index (Phi) is 5.84. The largest absolute Gasteiger partial charge is 0.197 e. The normalized spacial score (nSPS) is 12.9. The molecule has 2 aromatic rings. The Morgan fingerprint density at radius 1 is 0.682 bits per heavy atom. The van der Waals surface area contributed by atoms with Crippen LogP contribution in [0.1, 0.15) is 11.1 Å². The maximum absolute atomic E-state index is 8.72. The Labute approximate surface area is 140 Å². The van der Waals surface area contributed by atoms with Crippen LogP contribution in [0.3, 0.4) is 0 Å². The van der Waals surface area contributed by atoms with Crippen molar-refractivity contribution >= 4 is 23.2 Å². The third-order valence-corrected chi connectivity index (χ3v) is 3.85. The van der Waals surface area contributed by atoms with Crippen LogP contribution in [0.4, 0.5) is 0 Å². The van der Waals surface area contributed by atoms with Gasteiger partial charge in [0.25, 0.3) is 0 Å². The van der Waals surface area contributed by atoms with Gasteiger partial charge in [-0.3, -0.25) is 0 Å². The number of nitriles is 2. The molecular formula is C18H14Cl2N2. The summed E-state index contributed by atoms with van der Waals surface area (Å²) in [6.45, 7) is 0. The van der Waals surface area contributed by atoms with Crippen molar-refractivity contribution in [1.29, 1.82) is 10.5 Å². The molecule has 0 heterocycles. The molecule has 0 aliphatic heterocycles. The van der Waals surface area contributed by atoms with E-state index in [1.165, 1.54) is 0 Å². The highest BCUT2D eigenvalue weighted by Gasteiger charge is 2.06. The lowest BCUT2D eigenvalue weighted by Crippen LogP contribution is -1.99. The van der Waals surface area contributed by atoms with Crippen molar-refractivity contribution in [3.63, 3.8) is 0 Å². The highest BCUT2D eigenvalue weighted by atomic mass is 35.5. The monoisotopic (exact) mass is 328 g/mol. The van der Waals surface area contributed by atoms with Gasteiger partial charge in [-0.05, 0) is 22.3 Å². The molecule has 2 aromatic carbocycles. The first-order valence-electron chi connectivity index (χ1n) is 6.88. The molecule has 0 radical (unpaired) electrons. The van der Waals surface area contributed by atoms with E-state index in [1.807, 2.05) is 60.7 Å². The van der Waals surface area contributed by atoms with E-state index < -0.39 is 10.8 Å². The zero-order chi connectivity index (χ0) is 15.9. The van der Waals surface area contributed by atoms with E-state index in [1.54, 1.807) is 0 Å². The number of hydrogen-bond donors (Lipinski definition) is 0. The summed E-state index contributed by atoms with van der Waals surface area (Å²) in [5.41, 5.74) is 4.28. The minimum atomic E-state index is -0.492. The summed E-state index contributed by atoms with van der Waals surface area (Å²) in [7, 11) is 0. The first kappa shape index (κ1) is 16.4. The fraction of sp³-hybridized carbons (Fsp3) is 0.222. The average Bonchev–Trinajstić information content (AvgIpc) is 2.56. The summed E-state index contributed by atoms with van der Waals surface area (Å²) in [5.74, 6) is 0. The van der Waals surface area contributed by atoms with Gasteiger partial charge in [0.2, 0.25) is 0 Å². The van der Waals surface area contributed by atoms with Gasteiger partial charge in [-0.1, -0.05) is 48.5 Å². The van der Waals surface area contributed by atoms with Gasteiger partial charge in [-0.25, -0.2) is 0 Å². The van der Waals surface area contributed by atoms with E-state index in [9.17, 15) is 0 Å². The molecule has 4 heteroatoms. The Hall–Kier alpha value is -2.00. The Morgan fingerprint density at radius 2 is 1.00 bits per heavy atom. The molecule has 22 heavy (non-hydrogen) atoms. The summed E-state index contributed by atoms with van der Waals surface area (Å²) in [6, 6.07) is 20.1. The molecule has 2 rings (SSSR count). The summed E-state index contributed by atoms with van der Waals surface area (Å²) >= 11 is 11.7. The van der Waals surface area contributed by atoms with Gasteiger partial charge in [0, 0.05) is 12.8 Å². The molecule has 0 spiro atoms. The second-order valence-corrected chi connectivity index (χ2v) is 6.05. The smallest absolute Gasteiger partial charge is 0.124 e. The Bertz CT molecular complexity index is 630. The number of hydrogen-bond acceptors (Lipinski definition) is 2. The molecule has 0 N–H and O–H groups in total. The van der Waals surface area contributed by atoms with Crippen molar-refractivity contribution in [3.05, 3.63) is 59.7 Å². The first-order valence-corrected chi connectivity index (χ1v) is 7.75. The SMILES string of the molecule is N#C[C@@H](Cl)Cc1ccc(-c2ccc(C[C@H](Cl)C#N)cc2)cc1. The van der Waals surface area contributed by atoms with Gasteiger partial charge in [-0.15, -0.1) is 23.2 Å². The van der Waals surface area contributed by atoms with Crippen molar-refractivity contribution in [2.24, 2.45) is 0 Å². The van der Waals surface area contributed by atoms with Crippen molar-refractivity contribution < 1.29 is 0 Å². The molecule has 0 saturated carbocycles. The summed E-state index contributed by atoms with van der Waals surface area (Å²) < 4.78 is 0. The zero-order valence-electron chi connectivity index (χ0n) is 11.8. The predicted octanol–water partition coefficient (Wildman–Crippen LogP) is 4.70. The van der Waals surface area contributed by atoms with Gasteiger partial charge < -0.3 is 0 Å². The molecule has 0 aliphatic carbocycles.